The highest BCUT2D eigenvalue weighted by atomic mass is 16.5. The molecule has 0 saturated heterocycles. The van der Waals surface area contributed by atoms with Gasteiger partial charge in [-0.3, -0.25) is 4.52 Å². The fraction of sp³-hybridized carbons (Fsp3) is 0.750. The van der Waals surface area contributed by atoms with Crippen molar-refractivity contribution in [1.82, 2.24) is 5.27 Å². The quantitative estimate of drug-likeness (QED) is 0.630. The zero-order valence-corrected chi connectivity index (χ0v) is 8.77. The molecule has 0 bridgehead atoms. The first-order valence-corrected chi connectivity index (χ1v) is 4.48. The maximum Gasteiger partial charge on any atom is 0.296 e. The number of aliphatic hydroxyl groups excluding tert-OH is 1. The lowest BCUT2D eigenvalue weighted by Crippen LogP contribution is -2.67. The minimum Gasteiger partial charge on any atom is -0.394 e. The second-order valence-electron chi connectivity index (χ2n) is 4.04. The topological polar surface area (TPSA) is 79.4 Å². The fourth-order valence-electron chi connectivity index (χ4n) is 1.20. The van der Waals surface area contributed by atoms with E-state index in [1.807, 2.05) is 25.8 Å². The van der Waals surface area contributed by atoms with Crippen LogP contribution in [-0.4, -0.2) is 29.1 Å². The average Bonchev–Trinajstić information content (AvgIpc) is 2.45. The molecule has 1 aromatic heterocycles. The molecule has 0 spiro atoms. The first-order chi connectivity index (χ1) is 6.45. The molecule has 1 aromatic rings. The maximum absolute atomic E-state index is 8.92. The van der Waals surface area contributed by atoms with Crippen LogP contribution in [0.3, 0.4) is 0 Å². The Morgan fingerprint density at radius 2 is 2.29 bits per heavy atom. The van der Waals surface area contributed by atoms with E-state index in [0.717, 1.165) is 0 Å². The minimum atomic E-state index is -0.156. The van der Waals surface area contributed by atoms with Crippen LogP contribution in [0.2, 0.25) is 0 Å². The Balaban J connectivity index is 2.88. The molecule has 0 aliphatic heterocycles. The molecule has 1 heterocycles. The summed E-state index contributed by atoms with van der Waals surface area (Å²) in [5, 5.41) is 14.5. The normalized spacial score (nSPS) is 11.7. The summed E-state index contributed by atoms with van der Waals surface area (Å²) >= 11 is 0. The largest absolute Gasteiger partial charge is 0.394 e. The number of anilines is 1. The van der Waals surface area contributed by atoms with Crippen LogP contribution in [-0.2, 0) is 0 Å². The van der Waals surface area contributed by atoms with E-state index in [4.69, 9.17) is 15.4 Å². The van der Waals surface area contributed by atoms with Crippen molar-refractivity contribution in [2.45, 2.75) is 26.3 Å². The van der Waals surface area contributed by atoms with Crippen molar-refractivity contribution >= 4 is 5.88 Å². The zero-order valence-electron chi connectivity index (χ0n) is 8.77. The summed E-state index contributed by atoms with van der Waals surface area (Å²) in [7, 11) is 0. The summed E-state index contributed by atoms with van der Waals surface area (Å²) in [5.41, 5.74) is 5.26. The van der Waals surface area contributed by atoms with Crippen LogP contribution in [0.5, 0.6) is 0 Å². The third kappa shape index (κ3) is 2.35. The Morgan fingerprint density at radius 3 is 2.64 bits per heavy atom. The Morgan fingerprint density at radius 1 is 1.64 bits per heavy atom. The first kappa shape index (κ1) is 10.8. The molecule has 0 saturated carbocycles. The van der Waals surface area contributed by atoms with E-state index in [9.17, 15) is 0 Å². The van der Waals surface area contributed by atoms with Crippen molar-refractivity contribution in [3.05, 3.63) is 6.20 Å². The van der Waals surface area contributed by atoms with E-state index >= 15 is 0 Å². The number of nitrogen functional groups attached to an aromatic ring is 1. The fourth-order valence-corrected chi connectivity index (χ4v) is 1.20. The van der Waals surface area contributed by atoms with Crippen LogP contribution in [0, 0.1) is 0 Å². The molecule has 0 radical (unpaired) electrons. The van der Waals surface area contributed by atoms with Gasteiger partial charge in [0.2, 0.25) is 5.27 Å². The summed E-state index contributed by atoms with van der Waals surface area (Å²) in [6.45, 7) is 6.57. The van der Waals surface area contributed by atoms with E-state index in [1.165, 1.54) is 4.79 Å². The van der Waals surface area contributed by atoms with E-state index < -0.39 is 0 Å². The second kappa shape index (κ2) is 3.83. The highest BCUT2D eigenvalue weighted by Gasteiger charge is 2.30. The number of hydrogen-bond donors (Lipinski definition) is 2. The van der Waals surface area contributed by atoms with E-state index in [2.05, 4.69) is 5.27 Å². The molecule has 3 N–H and O–H groups in total. The van der Waals surface area contributed by atoms with E-state index in [1.54, 1.807) is 6.20 Å². The standard InChI is InChI=1S/C8H17N4O2/c1-8(2,3)11(4-5-13)12-6-7(9)14-10-12/h6,13H,4-5,9H2,1-3H3/q+1. The van der Waals surface area contributed by atoms with Crippen LogP contribution >= 0.6 is 0 Å². The van der Waals surface area contributed by atoms with Gasteiger partial charge in [0.15, 0.2) is 0 Å². The average molecular weight is 201 g/mol. The summed E-state index contributed by atoms with van der Waals surface area (Å²) in [6, 6.07) is 0. The molecule has 0 fully saturated rings. The van der Waals surface area contributed by atoms with Crippen molar-refractivity contribution in [2.24, 2.45) is 0 Å². The van der Waals surface area contributed by atoms with Crippen molar-refractivity contribution in [3.63, 3.8) is 0 Å². The molecule has 6 heteroatoms. The molecule has 14 heavy (non-hydrogen) atoms. The van der Waals surface area contributed by atoms with Gasteiger partial charge in [-0.15, -0.1) is 5.01 Å². The lowest BCUT2D eigenvalue weighted by Gasteiger charge is -2.26. The highest BCUT2D eigenvalue weighted by Crippen LogP contribution is 2.07. The number of nitrogens with two attached hydrogens (primary N) is 1. The maximum atomic E-state index is 8.92. The van der Waals surface area contributed by atoms with Gasteiger partial charge in [0.25, 0.3) is 12.1 Å². The zero-order chi connectivity index (χ0) is 10.8. The molecule has 0 aliphatic rings. The monoisotopic (exact) mass is 201 g/mol. The van der Waals surface area contributed by atoms with Crippen LogP contribution in [0.1, 0.15) is 20.8 Å². The lowest BCUT2D eigenvalue weighted by atomic mass is 10.1. The van der Waals surface area contributed by atoms with Crippen LogP contribution < -0.4 is 15.5 Å². The van der Waals surface area contributed by atoms with Gasteiger partial charge >= 0.3 is 0 Å². The van der Waals surface area contributed by atoms with Crippen molar-refractivity contribution in [1.29, 1.82) is 0 Å². The second-order valence-corrected chi connectivity index (χ2v) is 4.04. The molecule has 80 valence electrons. The number of β-amino-alcohol motifs (C(OH)–C–C–N with tert-alkyl or cyclic N) is 1. The van der Waals surface area contributed by atoms with Gasteiger partial charge in [0.1, 0.15) is 0 Å². The smallest absolute Gasteiger partial charge is 0.296 e. The molecule has 1 rings (SSSR count). The van der Waals surface area contributed by atoms with Crippen molar-refractivity contribution < 1.29 is 14.4 Å². The molecule has 0 atom stereocenters. The molecular weight excluding hydrogens is 184 g/mol. The third-order valence-corrected chi connectivity index (χ3v) is 1.81. The van der Waals surface area contributed by atoms with Crippen LogP contribution in [0.15, 0.2) is 10.7 Å². The molecule has 0 unspecified atom stereocenters. The third-order valence-electron chi connectivity index (χ3n) is 1.81. The summed E-state index contributed by atoms with van der Waals surface area (Å²) in [6.07, 6.45) is 1.57. The van der Waals surface area contributed by atoms with Crippen molar-refractivity contribution in [2.75, 3.05) is 23.9 Å². The lowest BCUT2D eigenvalue weighted by molar-refractivity contribution is -0.765. The Hall–Kier alpha value is -1.30. The molecule has 0 amide bonds. The Labute approximate surface area is 82.8 Å². The Bertz CT molecular complexity index is 292. The van der Waals surface area contributed by atoms with Gasteiger partial charge in [0.05, 0.1) is 23.5 Å². The van der Waals surface area contributed by atoms with E-state index in [0.29, 0.717) is 6.54 Å². The number of rotatable bonds is 3. The summed E-state index contributed by atoms with van der Waals surface area (Å²) in [4.78, 5) is 1.51. The summed E-state index contributed by atoms with van der Waals surface area (Å²) < 4.78 is 4.75. The predicted octanol–water partition coefficient (Wildman–Crippen LogP) is -0.727. The molecule has 6 nitrogen and oxygen atoms in total. The molecular formula is C8H17N4O2+. The van der Waals surface area contributed by atoms with Gasteiger partial charge in [-0.1, -0.05) is 0 Å². The van der Waals surface area contributed by atoms with Gasteiger partial charge in [-0.05, 0) is 20.8 Å². The van der Waals surface area contributed by atoms with Crippen LogP contribution in [0.25, 0.3) is 0 Å². The number of hydrogen-bond acceptors (Lipinski definition) is 5. The number of nitrogens with zero attached hydrogens (tertiary/aromatic N) is 3. The number of aromatic nitrogens is 2. The molecule has 0 aromatic carbocycles. The van der Waals surface area contributed by atoms with Crippen molar-refractivity contribution in [3.8, 4) is 0 Å². The summed E-state index contributed by atoms with van der Waals surface area (Å²) in [5.74, 6) is 0.247. The van der Waals surface area contributed by atoms with Crippen LogP contribution in [0.4, 0.5) is 5.88 Å². The first-order valence-electron chi connectivity index (χ1n) is 4.48. The van der Waals surface area contributed by atoms with Gasteiger partial charge < -0.3 is 10.8 Å². The van der Waals surface area contributed by atoms with Gasteiger partial charge in [-0.2, -0.15) is 0 Å². The van der Waals surface area contributed by atoms with Gasteiger partial charge in [0, 0.05) is 0 Å². The Kier molecular flexibility index (Phi) is 2.95. The van der Waals surface area contributed by atoms with E-state index in [-0.39, 0.29) is 18.0 Å². The number of aliphatic hydroxyl groups is 1. The highest BCUT2D eigenvalue weighted by molar-refractivity contribution is 5.11. The predicted molar refractivity (Wildman–Crippen MR) is 51.0 cm³/mol. The SMILES string of the molecule is CC(C)(C)N(CCO)[n+]1cc(N)on1. The minimum absolute atomic E-state index is 0.0526. The van der Waals surface area contributed by atoms with Gasteiger partial charge in [-0.25, -0.2) is 0 Å². The molecule has 0 aliphatic carbocycles.